The number of amides is 2. The van der Waals surface area contributed by atoms with Crippen LogP contribution >= 0.6 is 0 Å². The number of fused-ring (bicyclic) bond motifs is 1. The Morgan fingerprint density at radius 2 is 1.85 bits per heavy atom. The monoisotopic (exact) mass is 269 g/mol. The Hall–Kier alpha value is -2.07. The van der Waals surface area contributed by atoms with Gasteiger partial charge in [-0.25, -0.2) is 4.79 Å². The number of nitrogens with zero attached hydrogens (tertiary/aromatic N) is 2. The van der Waals surface area contributed by atoms with Crippen LogP contribution in [0.25, 0.3) is 10.8 Å². The summed E-state index contributed by atoms with van der Waals surface area (Å²) >= 11 is 0. The van der Waals surface area contributed by atoms with E-state index in [0.717, 1.165) is 24.2 Å². The first-order valence-electron chi connectivity index (χ1n) is 6.84. The summed E-state index contributed by atoms with van der Waals surface area (Å²) in [5, 5.41) is 5.29. The Bertz CT molecular complexity index is 632. The Labute approximate surface area is 119 Å². The molecular weight excluding hydrogens is 250 g/mol. The molecule has 104 valence electrons. The van der Waals surface area contributed by atoms with Gasteiger partial charge in [-0.05, 0) is 37.0 Å². The lowest BCUT2D eigenvalue weighted by molar-refractivity contribution is 0.0942. The van der Waals surface area contributed by atoms with Gasteiger partial charge >= 0.3 is 6.03 Å². The quantitative estimate of drug-likeness (QED) is 0.909. The molecule has 0 bridgehead atoms. The summed E-state index contributed by atoms with van der Waals surface area (Å²) in [5.74, 6) is 0. The van der Waals surface area contributed by atoms with E-state index in [2.05, 4.69) is 22.3 Å². The summed E-state index contributed by atoms with van der Waals surface area (Å²) in [6.07, 6.45) is 0. The van der Waals surface area contributed by atoms with Gasteiger partial charge in [-0.15, -0.1) is 0 Å². The highest BCUT2D eigenvalue weighted by atomic mass is 16.2. The first-order valence-corrected chi connectivity index (χ1v) is 6.84. The fourth-order valence-electron chi connectivity index (χ4n) is 2.42. The number of anilines is 1. The van der Waals surface area contributed by atoms with Crippen LogP contribution in [0, 0.1) is 0 Å². The van der Waals surface area contributed by atoms with Crippen LogP contribution in [0.5, 0.6) is 0 Å². The van der Waals surface area contributed by atoms with E-state index in [1.807, 2.05) is 49.3 Å². The zero-order valence-electron chi connectivity index (χ0n) is 11.8. The highest BCUT2D eigenvalue weighted by Gasteiger charge is 2.31. The molecule has 20 heavy (non-hydrogen) atoms. The predicted octanol–water partition coefficient (Wildman–Crippen LogP) is 2.62. The Morgan fingerprint density at radius 1 is 1.15 bits per heavy atom. The average Bonchev–Trinajstić information content (AvgIpc) is 2.36. The maximum absolute atomic E-state index is 12.1. The lowest BCUT2D eigenvalue weighted by atomic mass is 10.1. The molecule has 2 aromatic rings. The van der Waals surface area contributed by atoms with E-state index in [-0.39, 0.29) is 6.03 Å². The third-order valence-corrected chi connectivity index (χ3v) is 3.88. The molecule has 2 amide bonds. The molecule has 1 fully saturated rings. The minimum absolute atomic E-state index is 0.0154. The van der Waals surface area contributed by atoms with Crippen LogP contribution in [0.3, 0.4) is 0 Å². The zero-order chi connectivity index (χ0) is 14.1. The number of nitrogens with one attached hydrogen (secondary N) is 1. The van der Waals surface area contributed by atoms with Crippen molar-refractivity contribution in [2.75, 3.05) is 32.5 Å². The molecule has 1 heterocycles. The van der Waals surface area contributed by atoms with Gasteiger partial charge in [0.05, 0.1) is 0 Å². The van der Waals surface area contributed by atoms with Crippen molar-refractivity contribution in [3.05, 3.63) is 42.5 Å². The van der Waals surface area contributed by atoms with E-state index >= 15 is 0 Å². The molecule has 3 rings (SSSR count). The van der Waals surface area contributed by atoms with E-state index in [4.69, 9.17) is 0 Å². The van der Waals surface area contributed by atoms with Crippen LogP contribution in [-0.2, 0) is 0 Å². The number of likely N-dealkylation sites (tertiary alicyclic amines) is 1. The van der Waals surface area contributed by atoms with Crippen LogP contribution in [0.1, 0.15) is 0 Å². The third-order valence-electron chi connectivity index (χ3n) is 3.88. The van der Waals surface area contributed by atoms with Crippen molar-refractivity contribution in [3.8, 4) is 0 Å². The Kier molecular flexibility index (Phi) is 3.32. The van der Waals surface area contributed by atoms with Crippen molar-refractivity contribution in [1.29, 1.82) is 0 Å². The molecular formula is C16H19N3O. The first-order chi connectivity index (χ1) is 9.63. The predicted molar refractivity (Wildman–Crippen MR) is 82.0 cm³/mol. The van der Waals surface area contributed by atoms with Gasteiger partial charge in [0.2, 0.25) is 0 Å². The van der Waals surface area contributed by atoms with Gasteiger partial charge in [0.25, 0.3) is 0 Å². The molecule has 4 heteroatoms. The molecule has 1 aliphatic rings. The third kappa shape index (κ3) is 2.47. The summed E-state index contributed by atoms with van der Waals surface area (Å²) in [6, 6.07) is 14.6. The highest BCUT2D eigenvalue weighted by molar-refractivity contribution is 5.93. The second kappa shape index (κ2) is 5.13. The summed E-state index contributed by atoms with van der Waals surface area (Å²) in [4.78, 5) is 16.1. The Morgan fingerprint density at radius 3 is 2.55 bits per heavy atom. The largest absolute Gasteiger partial charge is 0.321 e. The summed E-state index contributed by atoms with van der Waals surface area (Å²) in [5.41, 5.74) is 0.849. The molecule has 1 N–H and O–H groups in total. The normalized spacial score (nSPS) is 15.4. The summed E-state index contributed by atoms with van der Waals surface area (Å²) < 4.78 is 0. The van der Waals surface area contributed by atoms with E-state index < -0.39 is 0 Å². The zero-order valence-corrected chi connectivity index (χ0v) is 11.8. The maximum Gasteiger partial charge on any atom is 0.321 e. The molecule has 0 unspecified atom stereocenters. The number of benzene rings is 2. The van der Waals surface area contributed by atoms with Crippen molar-refractivity contribution in [3.63, 3.8) is 0 Å². The fraction of sp³-hybridized carbons (Fsp3) is 0.312. The molecule has 1 saturated heterocycles. The summed E-state index contributed by atoms with van der Waals surface area (Å²) in [6.45, 7) is 1.60. The van der Waals surface area contributed by atoms with E-state index in [9.17, 15) is 4.79 Å². The van der Waals surface area contributed by atoms with Crippen LogP contribution in [-0.4, -0.2) is 49.1 Å². The van der Waals surface area contributed by atoms with Crippen LogP contribution in [0.2, 0.25) is 0 Å². The molecule has 0 radical (unpaired) electrons. The Balaban J connectivity index is 1.66. The number of urea groups is 1. The van der Waals surface area contributed by atoms with Crippen LogP contribution < -0.4 is 5.32 Å². The van der Waals surface area contributed by atoms with Crippen molar-refractivity contribution in [2.45, 2.75) is 6.04 Å². The van der Waals surface area contributed by atoms with Gasteiger partial charge in [-0.1, -0.05) is 30.3 Å². The van der Waals surface area contributed by atoms with E-state index in [1.54, 1.807) is 0 Å². The molecule has 0 spiro atoms. The molecule has 0 saturated carbocycles. The van der Waals surface area contributed by atoms with Crippen molar-refractivity contribution < 1.29 is 4.79 Å². The van der Waals surface area contributed by atoms with Gasteiger partial charge < -0.3 is 15.1 Å². The van der Waals surface area contributed by atoms with Gasteiger partial charge in [0.1, 0.15) is 0 Å². The molecule has 0 atom stereocenters. The standard InChI is InChI=1S/C16H19N3O/c1-18(2)15-10-19(11-15)16(20)17-14-8-7-12-5-3-4-6-13(12)9-14/h3-9,15H,10-11H2,1-2H3,(H,17,20). The number of carbonyl (C=O) groups is 1. The fourth-order valence-corrected chi connectivity index (χ4v) is 2.42. The van der Waals surface area contributed by atoms with E-state index in [0.29, 0.717) is 6.04 Å². The molecule has 0 aromatic heterocycles. The molecule has 1 aliphatic heterocycles. The van der Waals surface area contributed by atoms with Gasteiger partial charge in [0, 0.05) is 24.8 Å². The molecule has 4 nitrogen and oxygen atoms in total. The smallest absolute Gasteiger partial charge is 0.321 e. The molecule has 0 aliphatic carbocycles. The van der Waals surface area contributed by atoms with Crippen molar-refractivity contribution in [2.24, 2.45) is 0 Å². The SMILES string of the molecule is CN(C)C1CN(C(=O)Nc2ccc3ccccc3c2)C1. The van der Waals surface area contributed by atoms with Crippen molar-refractivity contribution >= 4 is 22.5 Å². The van der Waals surface area contributed by atoms with Gasteiger partial charge in [-0.2, -0.15) is 0 Å². The second-order valence-electron chi connectivity index (χ2n) is 5.51. The maximum atomic E-state index is 12.1. The lowest BCUT2D eigenvalue weighted by Crippen LogP contribution is -2.60. The van der Waals surface area contributed by atoms with Gasteiger partial charge in [0.15, 0.2) is 0 Å². The average molecular weight is 269 g/mol. The summed E-state index contributed by atoms with van der Waals surface area (Å²) in [7, 11) is 4.09. The topological polar surface area (TPSA) is 35.6 Å². The van der Waals surface area contributed by atoms with E-state index in [1.165, 1.54) is 5.39 Å². The number of hydrogen-bond donors (Lipinski definition) is 1. The minimum atomic E-state index is -0.0154. The van der Waals surface area contributed by atoms with Crippen LogP contribution in [0.4, 0.5) is 10.5 Å². The number of hydrogen-bond acceptors (Lipinski definition) is 2. The number of rotatable bonds is 2. The van der Waals surface area contributed by atoms with Crippen molar-refractivity contribution in [1.82, 2.24) is 9.80 Å². The number of likely N-dealkylation sites (N-methyl/N-ethyl adjacent to an activating group) is 1. The minimum Gasteiger partial charge on any atom is -0.321 e. The highest BCUT2D eigenvalue weighted by Crippen LogP contribution is 2.20. The number of carbonyl (C=O) groups excluding carboxylic acids is 1. The first kappa shape index (κ1) is 12.9. The second-order valence-corrected chi connectivity index (χ2v) is 5.51. The van der Waals surface area contributed by atoms with Gasteiger partial charge in [-0.3, -0.25) is 0 Å². The molecule has 2 aromatic carbocycles. The van der Waals surface area contributed by atoms with Crippen LogP contribution in [0.15, 0.2) is 42.5 Å². The lowest BCUT2D eigenvalue weighted by Gasteiger charge is -2.42.